The molecule has 0 aliphatic heterocycles. The molecule has 1 rings (SSSR count). The van der Waals surface area contributed by atoms with Gasteiger partial charge in [-0.05, 0) is 24.5 Å². The van der Waals surface area contributed by atoms with Crippen molar-refractivity contribution in [3.05, 3.63) is 29.6 Å². The van der Waals surface area contributed by atoms with Crippen LogP contribution < -0.4 is 16.2 Å². The number of para-hydroxylation sites is 1. The van der Waals surface area contributed by atoms with E-state index in [4.69, 9.17) is 16.2 Å². The molecule has 1 aromatic carbocycles. The van der Waals surface area contributed by atoms with E-state index in [0.717, 1.165) is 6.42 Å². The van der Waals surface area contributed by atoms with E-state index in [1.165, 1.54) is 6.07 Å². The summed E-state index contributed by atoms with van der Waals surface area (Å²) in [6.45, 7) is 1.61. The molecule has 0 bridgehead atoms. The molecule has 0 fully saturated rings. The molecular formula is C12H17FN2O2. The molecule has 0 saturated carbocycles. The van der Waals surface area contributed by atoms with Gasteiger partial charge in [0.05, 0.1) is 0 Å². The summed E-state index contributed by atoms with van der Waals surface area (Å²) in [5.74, 6) is -1.08. The Morgan fingerprint density at radius 2 is 2.24 bits per heavy atom. The van der Waals surface area contributed by atoms with Gasteiger partial charge in [-0.1, -0.05) is 19.1 Å². The normalized spacial score (nSPS) is 12.2. The maximum Gasteiger partial charge on any atom is 0.255 e. The van der Waals surface area contributed by atoms with Crippen molar-refractivity contribution < 1.29 is 13.9 Å². The van der Waals surface area contributed by atoms with Crippen LogP contribution in [0.4, 0.5) is 4.39 Å². The van der Waals surface area contributed by atoms with Crippen molar-refractivity contribution in [2.75, 3.05) is 6.61 Å². The Morgan fingerprint density at radius 1 is 1.53 bits per heavy atom. The lowest BCUT2D eigenvalue weighted by Gasteiger charge is -2.14. The average molecular weight is 240 g/mol. The Balaban J connectivity index is 2.87. The molecule has 0 aliphatic rings. The second-order valence-electron chi connectivity index (χ2n) is 3.86. The van der Waals surface area contributed by atoms with E-state index < -0.39 is 11.7 Å². The molecule has 17 heavy (non-hydrogen) atoms. The Bertz CT molecular complexity index is 396. The molecule has 0 aliphatic carbocycles. The highest BCUT2D eigenvalue weighted by molar-refractivity contribution is 5.75. The molecular weight excluding hydrogens is 223 g/mol. The number of amides is 1. The number of hydrogen-bond acceptors (Lipinski definition) is 3. The number of benzene rings is 1. The molecule has 94 valence electrons. The number of nitrogens with two attached hydrogens (primary N) is 2. The molecule has 0 radical (unpaired) electrons. The maximum absolute atomic E-state index is 13.5. The van der Waals surface area contributed by atoms with Crippen LogP contribution in [0.3, 0.4) is 0 Å². The van der Waals surface area contributed by atoms with E-state index >= 15 is 0 Å². The number of hydrogen-bond donors (Lipinski definition) is 2. The minimum absolute atomic E-state index is 0.0623. The molecule has 1 atom stereocenters. The summed E-state index contributed by atoms with van der Waals surface area (Å²) in [6, 6.07) is 4.53. The van der Waals surface area contributed by atoms with Gasteiger partial charge in [-0.3, -0.25) is 4.79 Å². The minimum atomic E-state index is -0.640. The van der Waals surface area contributed by atoms with Crippen molar-refractivity contribution in [2.45, 2.75) is 25.8 Å². The largest absolute Gasteiger partial charge is 0.480 e. The summed E-state index contributed by atoms with van der Waals surface area (Å²) < 4.78 is 18.6. The molecule has 0 saturated heterocycles. The fourth-order valence-electron chi connectivity index (χ4n) is 1.45. The third-order valence-electron chi connectivity index (χ3n) is 2.41. The Morgan fingerprint density at radius 3 is 2.82 bits per heavy atom. The van der Waals surface area contributed by atoms with Crippen LogP contribution in [0.25, 0.3) is 0 Å². The zero-order valence-electron chi connectivity index (χ0n) is 9.78. The number of halogens is 1. The molecule has 4 N–H and O–H groups in total. The predicted molar refractivity (Wildman–Crippen MR) is 63.1 cm³/mol. The summed E-state index contributed by atoms with van der Waals surface area (Å²) in [7, 11) is 0. The first kappa shape index (κ1) is 13.4. The van der Waals surface area contributed by atoms with Gasteiger partial charge in [0.1, 0.15) is 0 Å². The lowest BCUT2D eigenvalue weighted by molar-refractivity contribution is -0.120. The van der Waals surface area contributed by atoms with Crippen molar-refractivity contribution in [1.82, 2.24) is 0 Å². The highest BCUT2D eigenvalue weighted by Gasteiger charge is 2.13. The number of primary amides is 1. The van der Waals surface area contributed by atoms with E-state index in [0.29, 0.717) is 12.0 Å². The fraction of sp³-hybridized carbons (Fsp3) is 0.417. The zero-order valence-corrected chi connectivity index (χ0v) is 9.78. The van der Waals surface area contributed by atoms with Crippen LogP contribution in [0, 0.1) is 5.82 Å². The first-order chi connectivity index (χ1) is 8.04. The summed E-state index contributed by atoms with van der Waals surface area (Å²) >= 11 is 0. The first-order valence-electron chi connectivity index (χ1n) is 5.48. The highest BCUT2D eigenvalue weighted by atomic mass is 19.1. The van der Waals surface area contributed by atoms with Gasteiger partial charge >= 0.3 is 0 Å². The topological polar surface area (TPSA) is 78.3 Å². The number of carbonyl (C=O) groups excluding carboxylic acids is 1. The monoisotopic (exact) mass is 240 g/mol. The van der Waals surface area contributed by atoms with Crippen molar-refractivity contribution in [2.24, 2.45) is 11.5 Å². The van der Waals surface area contributed by atoms with Gasteiger partial charge in [-0.15, -0.1) is 0 Å². The molecule has 0 spiro atoms. The van der Waals surface area contributed by atoms with E-state index in [1.54, 1.807) is 12.1 Å². The molecule has 1 amide bonds. The molecule has 1 aromatic rings. The summed E-state index contributed by atoms with van der Waals surface area (Å²) in [4.78, 5) is 10.6. The first-order valence-corrected chi connectivity index (χ1v) is 5.48. The third kappa shape index (κ3) is 4.03. The van der Waals surface area contributed by atoms with Crippen molar-refractivity contribution in [3.8, 4) is 5.75 Å². The van der Waals surface area contributed by atoms with Crippen LogP contribution in [0.15, 0.2) is 18.2 Å². The summed E-state index contributed by atoms with van der Waals surface area (Å²) in [5, 5.41) is 0. The molecule has 1 unspecified atom stereocenters. The minimum Gasteiger partial charge on any atom is -0.480 e. The number of rotatable bonds is 6. The van der Waals surface area contributed by atoms with Crippen molar-refractivity contribution in [1.29, 1.82) is 0 Å². The van der Waals surface area contributed by atoms with Gasteiger partial charge in [-0.2, -0.15) is 0 Å². The quantitative estimate of drug-likeness (QED) is 0.777. The fourth-order valence-corrected chi connectivity index (χ4v) is 1.45. The smallest absolute Gasteiger partial charge is 0.255 e. The van der Waals surface area contributed by atoms with E-state index in [2.05, 4.69) is 0 Å². The third-order valence-corrected chi connectivity index (χ3v) is 2.41. The van der Waals surface area contributed by atoms with Crippen LogP contribution in [0.1, 0.15) is 18.9 Å². The van der Waals surface area contributed by atoms with E-state index in [-0.39, 0.29) is 18.4 Å². The van der Waals surface area contributed by atoms with E-state index in [1.807, 2.05) is 6.92 Å². The van der Waals surface area contributed by atoms with Gasteiger partial charge in [0.2, 0.25) is 0 Å². The Kier molecular flexibility index (Phi) is 4.90. The lowest BCUT2D eigenvalue weighted by atomic mass is 10.0. The van der Waals surface area contributed by atoms with Gasteiger partial charge in [0.15, 0.2) is 18.2 Å². The highest BCUT2D eigenvalue weighted by Crippen LogP contribution is 2.24. The van der Waals surface area contributed by atoms with Gasteiger partial charge < -0.3 is 16.2 Å². The van der Waals surface area contributed by atoms with E-state index in [9.17, 15) is 9.18 Å². The standard InChI is InChI=1S/C12H17FN2O2/c1-2-9(14)6-8-4-3-5-10(13)12(8)17-7-11(15)16/h3-5,9H,2,6-7,14H2,1H3,(H2,15,16). The lowest BCUT2D eigenvalue weighted by Crippen LogP contribution is -2.24. The van der Waals surface area contributed by atoms with Gasteiger partial charge in [0, 0.05) is 6.04 Å². The average Bonchev–Trinajstić information content (AvgIpc) is 2.27. The van der Waals surface area contributed by atoms with Crippen molar-refractivity contribution >= 4 is 5.91 Å². The molecule has 0 aromatic heterocycles. The number of carbonyl (C=O) groups is 1. The molecule has 0 heterocycles. The zero-order chi connectivity index (χ0) is 12.8. The second kappa shape index (κ2) is 6.20. The summed E-state index contributed by atoms with van der Waals surface area (Å²) in [5.41, 5.74) is 11.4. The van der Waals surface area contributed by atoms with Crippen LogP contribution >= 0.6 is 0 Å². The van der Waals surface area contributed by atoms with Crippen LogP contribution in [-0.4, -0.2) is 18.6 Å². The Hall–Kier alpha value is -1.62. The van der Waals surface area contributed by atoms with Crippen molar-refractivity contribution in [3.63, 3.8) is 0 Å². The predicted octanol–water partition coefficient (Wildman–Crippen LogP) is 0.970. The SMILES string of the molecule is CCC(N)Cc1cccc(F)c1OCC(N)=O. The summed E-state index contributed by atoms with van der Waals surface area (Å²) in [6.07, 6.45) is 1.29. The molecule has 5 heteroatoms. The Labute approximate surface area is 99.7 Å². The van der Waals surface area contributed by atoms with Crippen LogP contribution in [0.5, 0.6) is 5.75 Å². The van der Waals surface area contributed by atoms with Crippen LogP contribution in [0.2, 0.25) is 0 Å². The second-order valence-corrected chi connectivity index (χ2v) is 3.86. The number of ether oxygens (including phenoxy) is 1. The maximum atomic E-state index is 13.5. The van der Waals surface area contributed by atoms with Gasteiger partial charge in [-0.25, -0.2) is 4.39 Å². The van der Waals surface area contributed by atoms with Crippen LogP contribution in [-0.2, 0) is 11.2 Å². The molecule has 4 nitrogen and oxygen atoms in total. The van der Waals surface area contributed by atoms with Gasteiger partial charge in [0.25, 0.3) is 5.91 Å².